The van der Waals surface area contributed by atoms with Crippen LogP contribution in [0.2, 0.25) is 0 Å². The summed E-state index contributed by atoms with van der Waals surface area (Å²) in [6.45, 7) is 4.00. The molecule has 0 amide bonds. The number of hydrogen-bond donors (Lipinski definition) is 0. The fourth-order valence-corrected chi connectivity index (χ4v) is 3.97. The zero-order valence-corrected chi connectivity index (χ0v) is 13.8. The van der Waals surface area contributed by atoms with Crippen molar-refractivity contribution in [3.8, 4) is 0 Å². The first kappa shape index (κ1) is 14.2. The number of aromatic nitrogens is 3. The molecule has 5 heteroatoms. The Morgan fingerprint density at radius 3 is 2.68 bits per heavy atom. The Labute approximate surface area is 136 Å². The van der Waals surface area contributed by atoms with Gasteiger partial charge in [-0.15, -0.1) is 0 Å². The fourth-order valence-electron chi connectivity index (χ4n) is 3.59. The molecule has 2 fully saturated rings. The monoisotopic (exact) mass is 314 g/mol. The van der Waals surface area contributed by atoms with E-state index in [1.807, 2.05) is 4.68 Å². The van der Waals surface area contributed by atoms with E-state index >= 15 is 0 Å². The lowest BCUT2D eigenvalue weighted by molar-refractivity contribution is 0.189. The highest BCUT2D eigenvalue weighted by Crippen LogP contribution is 2.36. The summed E-state index contributed by atoms with van der Waals surface area (Å²) in [5, 5.41) is 4.70. The second-order valence-corrected chi connectivity index (χ2v) is 6.82. The van der Waals surface area contributed by atoms with Crippen molar-refractivity contribution in [2.45, 2.75) is 51.4 Å². The third-order valence-electron chi connectivity index (χ3n) is 4.82. The Morgan fingerprint density at radius 2 is 1.95 bits per heavy atom. The van der Waals surface area contributed by atoms with E-state index in [2.05, 4.69) is 46.7 Å². The van der Waals surface area contributed by atoms with Crippen molar-refractivity contribution in [1.29, 1.82) is 0 Å². The summed E-state index contributed by atoms with van der Waals surface area (Å²) in [4.78, 5) is 2.51. The average Bonchev–Trinajstić information content (AvgIpc) is 3.18. The van der Waals surface area contributed by atoms with Gasteiger partial charge in [0.1, 0.15) is 5.82 Å². The van der Waals surface area contributed by atoms with Crippen LogP contribution in [-0.2, 0) is 6.67 Å². The molecule has 1 saturated carbocycles. The van der Waals surface area contributed by atoms with Crippen molar-refractivity contribution in [2.75, 3.05) is 6.54 Å². The maximum Gasteiger partial charge on any atom is 0.199 e. The average molecular weight is 314 g/mol. The van der Waals surface area contributed by atoms with Crippen molar-refractivity contribution < 1.29 is 0 Å². The number of hydrogen-bond acceptors (Lipinski definition) is 3. The summed E-state index contributed by atoms with van der Waals surface area (Å²) in [6.07, 6.45) is 4.96. The number of likely N-dealkylation sites (tertiary alicyclic amines) is 1. The summed E-state index contributed by atoms with van der Waals surface area (Å²) in [6, 6.07) is 11.9. The molecule has 116 valence electrons. The van der Waals surface area contributed by atoms with Crippen LogP contribution in [0, 0.1) is 11.7 Å². The minimum atomic E-state index is 0.495. The molecule has 4 rings (SSSR count). The molecular weight excluding hydrogens is 292 g/mol. The second-order valence-electron chi connectivity index (χ2n) is 6.45. The van der Waals surface area contributed by atoms with Crippen molar-refractivity contribution >= 4 is 12.2 Å². The third-order valence-corrected chi connectivity index (χ3v) is 5.22. The van der Waals surface area contributed by atoms with Crippen LogP contribution in [0.3, 0.4) is 0 Å². The van der Waals surface area contributed by atoms with Crippen LogP contribution in [0.5, 0.6) is 0 Å². The van der Waals surface area contributed by atoms with Crippen LogP contribution in [0.4, 0.5) is 0 Å². The third kappa shape index (κ3) is 2.52. The predicted octanol–water partition coefficient (Wildman–Crippen LogP) is 3.85. The van der Waals surface area contributed by atoms with E-state index in [0.29, 0.717) is 12.1 Å². The van der Waals surface area contributed by atoms with Gasteiger partial charge in [0.2, 0.25) is 0 Å². The SMILES string of the molecule is Cc1nn(CN2CCC[C@@H]2c2ccccc2)c(=S)n1C1CC1. The van der Waals surface area contributed by atoms with Crippen LogP contribution >= 0.6 is 12.2 Å². The molecule has 0 spiro atoms. The molecule has 1 saturated heterocycles. The van der Waals surface area contributed by atoms with Gasteiger partial charge in [0, 0.05) is 18.6 Å². The largest absolute Gasteiger partial charge is 0.301 e. The van der Waals surface area contributed by atoms with Gasteiger partial charge in [-0.25, -0.2) is 4.68 Å². The van der Waals surface area contributed by atoms with E-state index in [1.54, 1.807) is 0 Å². The quantitative estimate of drug-likeness (QED) is 0.802. The van der Waals surface area contributed by atoms with Gasteiger partial charge in [-0.05, 0) is 50.4 Å². The molecular formula is C17H22N4S. The van der Waals surface area contributed by atoms with Crippen molar-refractivity contribution in [3.05, 3.63) is 46.5 Å². The Hall–Kier alpha value is -1.46. The summed E-state index contributed by atoms with van der Waals surface area (Å²) in [7, 11) is 0. The molecule has 0 N–H and O–H groups in total. The van der Waals surface area contributed by atoms with Crippen LogP contribution in [0.25, 0.3) is 0 Å². The molecule has 4 nitrogen and oxygen atoms in total. The summed E-state index contributed by atoms with van der Waals surface area (Å²) in [5.74, 6) is 1.06. The van der Waals surface area contributed by atoms with Gasteiger partial charge in [-0.2, -0.15) is 5.10 Å². The molecule has 1 aromatic heterocycles. The first-order valence-electron chi connectivity index (χ1n) is 8.19. The Bertz CT molecular complexity index is 714. The summed E-state index contributed by atoms with van der Waals surface area (Å²) in [5.41, 5.74) is 1.41. The van der Waals surface area contributed by atoms with Crippen LogP contribution in [0.1, 0.15) is 49.2 Å². The summed E-state index contributed by atoms with van der Waals surface area (Å²) < 4.78 is 5.14. The highest BCUT2D eigenvalue weighted by Gasteiger charge is 2.29. The molecule has 1 aliphatic heterocycles. The molecule has 1 aromatic carbocycles. The van der Waals surface area contributed by atoms with Crippen molar-refractivity contribution in [1.82, 2.24) is 19.2 Å². The second kappa shape index (κ2) is 5.63. The molecule has 2 aliphatic rings. The van der Waals surface area contributed by atoms with E-state index in [4.69, 9.17) is 17.3 Å². The van der Waals surface area contributed by atoms with Crippen LogP contribution < -0.4 is 0 Å². The first-order valence-corrected chi connectivity index (χ1v) is 8.60. The smallest absolute Gasteiger partial charge is 0.199 e. The number of aryl methyl sites for hydroxylation is 1. The van der Waals surface area contributed by atoms with Gasteiger partial charge in [-0.3, -0.25) is 4.90 Å². The maximum atomic E-state index is 5.66. The van der Waals surface area contributed by atoms with Gasteiger partial charge in [0.05, 0.1) is 6.67 Å². The Kier molecular flexibility index (Phi) is 3.62. The van der Waals surface area contributed by atoms with Gasteiger partial charge in [-0.1, -0.05) is 30.3 Å². The normalized spacial score (nSPS) is 22.3. The molecule has 1 atom stereocenters. The van der Waals surface area contributed by atoms with Gasteiger partial charge in [0.15, 0.2) is 4.77 Å². The lowest BCUT2D eigenvalue weighted by Gasteiger charge is -2.24. The fraction of sp³-hybridized carbons (Fsp3) is 0.529. The van der Waals surface area contributed by atoms with Gasteiger partial charge < -0.3 is 4.57 Å². The molecule has 1 aliphatic carbocycles. The molecule has 0 bridgehead atoms. The summed E-state index contributed by atoms with van der Waals surface area (Å²) >= 11 is 5.66. The van der Waals surface area contributed by atoms with Crippen molar-refractivity contribution in [2.24, 2.45) is 0 Å². The molecule has 2 heterocycles. The molecule has 22 heavy (non-hydrogen) atoms. The number of rotatable bonds is 4. The molecule has 0 radical (unpaired) electrons. The highest BCUT2D eigenvalue weighted by atomic mass is 32.1. The van der Waals surface area contributed by atoms with Crippen LogP contribution in [-0.4, -0.2) is 25.8 Å². The van der Waals surface area contributed by atoms with E-state index in [0.717, 1.165) is 23.8 Å². The highest BCUT2D eigenvalue weighted by molar-refractivity contribution is 7.71. The lowest BCUT2D eigenvalue weighted by atomic mass is 10.1. The molecule has 0 unspecified atom stereocenters. The van der Waals surface area contributed by atoms with Gasteiger partial charge >= 0.3 is 0 Å². The molecule has 2 aromatic rings. The number of benzene rings is 1. The maximum absolute atomic E-state index is 5.66. The van der Waals surface area contributed by atoms with E-state index < -0.39 is 0 Å². The van der Waals surface area contributed by atoms with E-state index in [9.17, 15) is 0 Å². The predicted molar refractivity (Wildman–Crippen MR) is 89.2 cm³/mol. The minimum Gasteiger partial charge on any atom is -0.301 e. The van der Waals surface area contributed by atoms with Gasteiger partial charge in [0.25, 0.3) is 0 Å². The minimum absolute atomic E-state index is 0.495. The first-order chi connectivity index (χ1) is 10.7. The van der Waals surface area contributed by atoms with Crippen LogP contribution in [0.15, 0.2) is 30.3 Å². The van der Waals surface area contributed by atoms with E-state index in [1.165, 1.54) is 31.2 Å². The number of nitrogens with zero attached hydrogens (tertiary/aromatic N) is 4. The van der Waals surface area contributed by atoms with Crippen molar-refractivity contribution in [3.63, 3.8) is 0 Å². The zero-order chi connectivity index (χ0) is 15.1. The standard InChI is InChI=1S/C17H22N4S/c1-13-18-20(17(22)21(13)15-9-10-15)12-19-11-5-8-16(19)14-6-3-2-4-7-14/h2-4,6-7,15-16H,5,8-12H2,1H3/t16-/m1/s1. The zero-order valence-electron chi connectivity index (χ0n) is 13.0. The Balaban J connectivity index is 1.58. The van der Waals surface area contributed by atoms with E-state index in [-0.39, 0.29) is 0 Å². The topological polar surface area (TPSA) is 26.0 Å². The Morgan fingerprint density at radius 1 is 1.18 bits per heavy atom. The lowest BCUT2D eigenvalue weighted by Crippen LogP contribution is -2.27.